The SMILES string of the molecule is COC(=O)c1ccc(C(=O)OC)c(N=Cc2c(O)[nH]c(=O)[nH]c2=O)c1. The quantitative estimate of drug-likeness (QED) is 0.524. The van der Waals surface area contributed by atoms with Crippen LogP contribution in [0.4, 0.5) is 5.69 Å². The van der Waals surface area contributed by atoms with Gasteiger partial charge in [-0.1, -0.05) is 0 Å². The van der Waals surface area contributed by atoms with Crippen LogP contribution in [0.5, 0.6) is 5.88 Å². The fraction of sp³-hybridized carbons (Fsp3) is 0.133. The number of hydrogen-bond acceptors (Lipinski definition) is 8. The number of H-pyrrole nitrogens is 2. The number of rotatable bonds is 4. The summed E-state index contributed by atoms with van der Waals surface area (Å²) in [5, 5.41) is 9.62. The minimum absolute atomic E-state index is 0.000231. The van der Waals surface area contributed by atoms with E-state index in [1.807, 2.05) is 9.97 Å². The highest BCUT2D eigenvalue weighted by Gasteiger charge is 2.15. The number of benzene rings is 1. The van der Waals surface area contributed by atoms with Crippen molar-refractivity contribution in [3.8, 4) is 5.88 Å². The third-order valence-corrected chi connectivity index (χ3v) is 3.12. The van der Waals surface area contributed by atoms with E-state index < -0.39 is 29.1 Å². The van der Waals surface area contributed by atoms with E-state index >= 15 is 0 Å². The third kappa shape index (κ3) is 3.80. The van der Waals surface area contributed by atoms with Gasteiger partial charge in [0.05, 0.1) is 31.0 Å². The number of hydrogen-bond donors (Lipinski definition) is 3. The number of carbonyl (C=O) groups is 2. The van der Waals surface area contributed by atoms with Crippen molar-refractivity contribution in [3.05, 3.63) is 55.7 Å². The van der Waals surface area contributed by atoms with E-state index in [0.29, 0.717) is 0 Å². The smallest absolute Gasteiger partial charge is 0.340 e. The van der Waals surface area contributed by atoms with E-state index in [1.165, 1.54) is 32.4 Å². The average Bonchev–Trinajstić information content (AvgIpc) is 2.59. The molecule has 0 bridgehead atoms. The Morgan fingerprint density at radius 2 is 1.80 bits per heavy atom. The molecule has 2 rings (SSSR count). The molecule has 10 heteroatoms. The van der Waals surface area contributed by atoms with Crippen molar-refractivity contribution in [2.24, 2.45) is 4.99 Å². The van der Waals surface area contributed by atoms with Crippen LogP contribution in [0.15, 0.2) is 32.8 Å². The number of aromatic nitrogens is 2. The van der Waals surface area contributed by atoms with E-state index in [-0.39, 0.29) is 22.4 Å². The molecule has 0 saturated carbocycles. The van der Waals surface area contributed by atoms with Crippen LogP contribution in [0.3, 0.4) is 0 Å². The van der Waals surface area contributed by atoms with Gasteiger partial charge in [-0.15, -0.1) is 0 Å². The lowest BCUT2D eigenvalue weighted by atomic mass is 10.1. The van der Waals surface area contributed by atoms with Crippen LogP contribution in [0.25, 0.3) is 0 Å². The molecule has 1 aromatic carbocycles. The lowest BCUT2D eigenvalue weighted by molar-refractivity contribution is 0.0587. The Kier molecular flexibility index (Phi) is 5.12. The van der Waals surface area contributed by atoms with E-state index in [4.69, 9.17) is 0 Å². The monoisotopic (exact) mass is 347 g/mol. The molecule has 1 aromatic heterocycles. The fourth-order valence-corrected chi connectivity index (χ4v) is 1.90. The van der Waals surface area contributed by atoms with Gasteiger partial charge in [0.15, 0.2) is 0 Å². The normalized spacial score (nSPS) is 10.6. The lowest BCUT2D eigenvalue weighted by Gasteiger charge is -2.06. The Morgan fingerprint density at radius 1 is 1.12 bits per heavy atom. The number of aliphatic imine (C=N–C) groups is 1. The minimum atomic E-state index is -0.886. The number of ether oxygens (including phenoxy) is 2. The molecule has 25 heavy (non-hydrogen) atoms. The maximum Gasteiger partial charge on any atom is 0.340 e. The summed E-state index contributed by atoms with van der Waals surface area (Å²) in [5.74, 6) is -2.07. The highest BCUT2D eigenvalue weighted by molar-refractivity contribution is 5.99. The molecule has 3 N–H and O–H groups in total. The van der Waals surface area contributed by atoms with Crippen LogP contribution in [0.1, 0.15) is 26.3 Å². The summed E-state index contributed by atoms with van der Waals surface area (Å²) in [6, 6.07) is 3.91. The predicted molar refractivity (Wildman–Crippen MR) is 85.7 cm³/mol. The van der Waals surface area contributed by atoms with Crippen LogP contribution >= 0.6 is 0 Å². The molecular weight excluding hydrogens is 334 g/mol. The molecule has 2 aromatic rings. The van der Waals surface area contributed by atoms with Crippen LogP contribution in [0, 0.1) is 0 Å². The minimum Gasteiger partial charge on any atom is -0.494 e. The van der Waals surface area contributed by atoms with Gasteiger partial charge in [0.1, 0.15) is 5.56 Å². The maximum atomic E-state index is 11.8. The van der Waals surface area contributed by atoms with Crippen molar-refractivity contribution < 1.29 is 24.2 Å². The van der Waals surface area contributed by atoms with Gasteiger partial charge >= 0.3 is 17.6 Å². The van der Waals surface area contributed by atoms with Crippen LogP contribution in [-0.2, 0) is 9.47 Å². The van der Waals surface area contributed by atoms with Gasteiger partial charge in [0.25, 0.3) is 5.56 Å². The van der Waals surface area contributed by atoms with Gasteiger partial charge in [-0.3, -0.25) is 19.8 Å². The zero-order valence-corrected chi connectivity index (χ0v) is 13.2. The summed E-state index contributed by atoms with van der Waals surface area (Å²) in [4.78, 5) is 54.0. The third-order valence-electron chi connectivity index (χ3n) is 3.12. The largest absolute Gasteiger partial charge is 0.494 e. The first-order valence-corrected chi connectivity index (χ1v) is 6.77. The second-order valence-corrected chi connectivity index (χ2v) is 4.64. The van der Waals surface area contributed by atoms with Gasteiger partial charge in [0.2, 0.25) is 5.88 Å². The molecule has 130 valence electrons. The number of methoxy groups -OCH3 is 2. The summed E-state index contributed by atoms with van der Waals surface area (Å²) >= 11 is 0. The van der Waals surface area contributed by atoms with E-state index in [9.17, 15) is 24.3 Å². The van der Waals surface area contributed by atoms with Gasteiger partial charge in [-0.05, 0) is 18.2 Å². The predicted octanol–water partition coefficient (Wildman–Crippen LogP) is 0.0926. The first-order chi connectivity index (χ1) is 11.9. The molecule has 0 aliphatic carbocycles. The molecule has 0 unspecified atom stereocenters. The second-order valence-electron chi connectivity index (χ2n) is 4.64. The number of aromatic amines is 2. The first kappa shape index (κ1) is 17.7. The second kappa shape index (κ2) is 7.25. The zero-order valence-electron chi connectivity index (χ0n) is 13.2. The molecule has 0 saturated heterocycles. The molecule has 0 fully saturated rings. The van der Waals surface area contributed by atoms with Crippen molar-refractivity contribution in [3.63, 3.8) is 0 Å². The van der Waals surface area contributed by atoms with Crippen LogP contribution < -0.4 is 11.2 Å². The topological polar surface area (TPSA) is 151 Å². The van der Waals surface area contributed by atoms with Crippen molar-refractivity contribution in [2.45, 2.75) is 0 Å². The molecule has 0 atom stereocenters. The molecular formula is C15H13N3O7. The summed E-state index contributed by atoms with van der Waals surface area (Å²) in [6.07, 6.45) is 0.937. The first-order valence-electron chi connectivity index (χ1n) is 6.77. The van der Waals surface area contributed by atoms with Crippen molar-refractivity contribution in [1.29, 1.82) is 0 Å². The Hall–Kier alpha value is -3.69. The number of aromatic hydroxyl groups is 1. The lowest BCUT2D eigenvalue weighted by Crippen LogP contribution is -2.24. The van der Waals surface area contributed by atoms with Gasteiger partial charge in [-0.2, -0.15) is 0 Å². The summed E-state index contributed by atoms with van der Waals surface area (Å²) in [5.41, 5.74) is -1.97. The maximum absolute atomic E-state index is 11.8. The van der Waals surface area contributed by atoms with Gasteiger partial charge in [0, 0.05) is 6.21 Å². The van der Waals surface area contributed by atoms with Gasteiger partial charge in [-0.25, -0.2) is 14.4 Å². The molecule has 0 radical (unpaired) electrons. The number of nitrogens with one attached hydrogen (secondary N) is 2. The van der Waals surface area contributed by atoms with Crippen molar-refractivity contribution in [2.75, 3.05) is 14.2 Å². The Morgan fingerprint density at radius 3 is 2.40 bits per heavy atom. The fourth-order valence-electron chi connectivity index (χ4n) is 1.90. The van der Waals surface area contributed by atoms with E-state index in [2.05, 4.69) is 14.5 Å². The number of esters is 2. The van der Waals surface area contributed by atoms with Crippen molar-refractivity contribution in [1.82, 2.24) is 9.97 Å². The van der Waals surface area contributed by atoms with Gasteiger partial charge < -0.3 is 14.6 Å². The number of carbonyl (C=O) groups excluding carboxylic acids is 2. The zero-order chi connectivity index (χ0) is 18.6. The van der Waals surface area contributed by atoms with Crippen molar-refractivity contribution >= 4 is 23.8 Å². The average molecular weight is 347 g/mol. The van der Waals surface area contributed by atoms with E-state index in [1.54, 1.807) is 0 Å². The standard InChI is InChI=1S/C15H13N3O7/c1-24-13(21)7-3-4-8(14(22)25-2)10(5-7)16-6-9-11(19)17-15(23)18-12(9)20/h3-6H,1-2H3,(H3,17,18,19,20,23). The summed E-state index contributed by atoms with van der Waals surface area (Å²) in [7, 11) is 2.36. The molecule has 0 amide bonds. The highest BCUT2D eigenvalue weighted by Crippen LogP contribution is 2.23. The highest BCUT2D eigenvalue weighted by atomic mass is 16.5. The summed E-state index contributed by atoms with van der Waals surface area (Å²) < 4.78 is 9.22. The molecule has 0 aliphatic rings. The van der Waals surface area contributed by atoms with Crippen LogP contribution in [-0.4, -0.2) is 47.4 Å². The summed E-state index contributed by atoms with van der Waals surface area (Å²) in [6.45, 7) is 0. The molecule has 0 spiro atoms. The number of nitrogens with zero attached hydrogens (tertiary/aromatic N) is 1. The molecule has 0 aliphatic heterocycles. The Balaban J connectivity index is 2.56. The molecule has 1 heterocycles. The van der Waals surface area contributed by atoms with Crippen LogP contribution in [0.2, 0.25) is 0 Å². The molecule has 10 nitrogen and oxygen atoms in total. The Labute approximate surface area is 139 Å². The van der Waals surface area contributed by atoms with E-state index in [0.717, 1.165) is 6.21 Å². The Bertz CT molecular complexity index is 972.